The van der Waals surface area contributed by atoms with Crippen molar-refractivity contribution in [3.05, 3.63) is 52.6 Å². The number of aromatic hydroxyl groups is 1. The SMILES string of the molecule is COc1ccc(-c2ccc(O)c3c2C[C@H]2C[C@H]4[C@H](N(C)C)C(O)C(C(N)=O)C(=O)[C@@]4(O)C(=O)C2=C3O)cc1CN1CCN(C)CC1. The van der Waals surface area contributed by atoms with Gasteiger partial charge in [-0.25, -0.2) is 0 Å². The number of hydrogen-bond acceptors (Lipinski definition) is 11. The molecule has 2 aromatic carbocycles. The predicted octanol–water partition coefficient (Wildman–Crippen LogP) is 0.552. The normalized spacial score (nSPS) is 30.2. The molecule has 2 aromatic rings. The van der Waals surface area contributed by atoms with Crippen LogP contribution in [0, 0.1) is 17.8 Å². The van der Waals surface area contributed by atoms with Gasteiger partial charge >= 0.3 is 0 Å². The lowest BCUT2D eigenvalue weighted by molar-refractivity contribution is -0.184. The number of phenols is 1. The average molecular weight is 635 g/mol. The average Bonchev–Trinajstić information content (AvgIpc) is 3.00. The van der Waals surface area contributed by atoms with Gasteiger partial charge in [-0.1, -0.05) is 12.1 Å². The van der Waals surface area contributed by atoms with Crippen LogP contribution in [0.4, 0.5) is 0 Å². The second-order valence-electron chi connectivity index (χ2n) is 13.4. The van der Waals surface area contributed by atoms with Crippen LogP contribution >= 0.6 is 0 Å². The number of piperazine rings is 1. The quantitative estimate of drug-likeness (QED) is 0.281. The van der Waals surface area contributed by atoms with Crippen LogP contribution in [-0.2, 0) is 27.3 Å². The Labute approximate surface area is 267 Å². The number of fused-ring (bicyclic) bond motifs is 3. The van der Waals surface area contributed by atoms with E-state index in [2.05, 4.69) is 16.8 Å². The van der Waals surface area contributed by atoms with Gasteiger partial charge in [0.25, 0.3) is 0 Å². The molecule has 46 heavy (non-hydrogen) atoms. The highest BCUT2D eigenvalue weighted by molar-refractivity contribution is 6.25. The number of hydrogen-bond donors (Lipinski definition) is 5. The highest BCUT2D eigenvalue weighted by Gasteiger charge is 2.67. The lowest BCUT2D eigenvalue weighted by atomic mass is 9.54. The van der Waals surface area contributed by atoms with Crippen LogP contribution in [0.15, 0.2) is 35.9 Å². The van der Waals surface area contributed by atoms with Crippen LogP contribution in [0.2, 0.25) is 0 Å². The molecule has 246 valence electrons. The number of aliphatic hydroxyl groups is 3. The Kier molecular flexibility index (Phi) is 8.22. The molecule has 2 unspecified atom stereocenters. The minimum atomic E-state index is -2.69. The molecule has 0 spiro atoms. The number of amides is 1. The monoisotopic (exact) mass is 634 g/mol. The number of Topliss-reactive ketones (excluding diaryl/α,β-unsaturated/α-hetero) is 2. The third-order valence-electron chi connectivity index (χ3n) is 10.6. The molecule has 1 aliphatic heterocycles. The Morgan fingerprint density at radius 3 is 2.43 bits per heavy atom. The number of carbonyl (C=O) groups excluding carboxylic acids is 3. The zero-order valence-corrected chi connectivity index (χ0v) is 26.6. The summed E-state index contributed by atoms with van der Waals surface area (Å²) in [7, 11) is 7.00. The second kappa shape index (κ2) is 11.8. The van der Waals surface area contributed by atoms with E-state index < -0.39 is 58.7 Å². The molecule has 0 radical (unpaired) electrons. The summed E-state index contributed by atoms with van der Waals surface area (Å²) in [5, 5.41) is 45.6. The number of ketones is 2. The standard InChI is InChI=1S/C34H42N4O8/c1-36(2)28-22-15-18-14-21-20(17-5-8-24(46-4)19(13-17)16-38-11-9-37(3)10-12-38)6-7-23(39)26(21)29(40)25(18)31(42)34(22,45)32(43)27(30(28)41)33(35)44/h5-8,13,18,22,27-28,30,39-41,45H,9-12,14-16H2,1-4H3,(H2,35,44)/t18-,22-,27?,28-,30?,34-/m0/s1. The molecule has 3 fully saturated rings. The Bertz CT molecular complexity index is 1630. The van der Waals surface area contributed by atoms with Crippen LogP contribution in [0.3, 0.4) is 0 Å². The number of methoxy groups -OCH3 is 1. The number of aliphatic hydroxyl groups excluding tert-OH is 2. The molecule has 1 heterocycles. The number of ether oxygens (including phenoxy) is 1. The number of benzene rings is 2. The Hall–Kier alpha value is -3.81. The lowest BCUT2D eigenvalue weighted by Gasteiger charge is -2.53. The molecule has 4 aliphatic rings. The second-order valence-corrected chi connectivity index (χ2v) is 13.4. The molecular formula is C34H42N4O8. The van der Waals surface area contributed by atoms with Gasteiger partial charge in [0.2, 0.25) is 11.7 Å². The summed E-state index contributed by atoms with van der Waals surface area (Å²) in [5.74, 6) is -6.87. The van der Waals surface area contributed by atoms with Gasteiger partial charge in [0.1, 0.15) is 23.2 Å². The summed E-state index contributed by atoms with van der Waals surface area (Å²) >= 11 is 0. The van der Waals surface area contributed by atoms with Gasteiger partial charge in [-0.05, 0) is 74.8 Å². The zero-order chi connectivity index (χ0) is 33.2. The van der Waals surface area contributed by atoms with Crippen LogP contribution in [0.1, 0.15) is 23.1 Å². The van der Waals surface area contributed by atoms with Crippen molar-refractivity contribution in [2.75, 3.05) is 54.4 Å². The summed E-state index contributed by atoms with van der Waals surface area (Å²) in [6, 6.07) is 8.16. The minimum absolute atomic E-state index is 0.0601. The van der Waals surface area contributed by atoms with E-state index in [0.29, 0.717) is 12.1 Å². The summed E-state index contributed by atoms with van der Waals surface area (Å²) in [5.41, 5.74) is 5.89. The molecule has 0 bridgehead atoms. The number of likely N-dealkylation sites (N-methyl/N-ethyl adjacent to an activating group) is 2. The molecule has 1 saturated heterocycles. The van der Waals surface area contributed by atoms with E-state index in [0.717, 1.165) is 48.6 Å². The van der Waals surface area contributed by atoms with Crippen LogP contribution in [0.5, 0.6) is 11.5 Å². The first-order valence-corrected chi connectivity index (χ1v) is 15.6. The number of nitrogens with zero attached hydrogens (tertiary/aromatic N) is 3. The fourth-order valence-corrected chi connectivity index (χ4v) is 8.19. The van der Waals surface area contributed by atoms with E-state index in [9.17, 15) is 34.8 Å². The van der Waals surface area contributed by atoms with Crippen molar-refractivity contribution in [3.8, 4) is 22.6 Å². The minimum Gasteiger partial charge on any atom is -0.507 e. The molecule has 12 heteroatoms. The first-order valence-electron chi connectivity index (χ1n) is 15.6. The van der Waals surface area contributed by atoms with E-state index >= 15 is 0 Å². The first-order chi connectivity index (χ1) is 21.8. The van der Waals surface area contributed by atoms with Crippen molar-refractivity contribution in [2.45, 2.75) is 37.1 Å². The van der Waals surface area contributed by atoms with E-state index in [4.69, 9.17) is 10.5 Å². The zero-order valence-electron chi connectivity index (χ0n) is 26.6. The van der Waals surface area contributed by atoms with Gasteiger partial charge in [-0.15, -0.1) is 0 Å². The molecule has 2 saturated carbocycles. The molecule has 1 amide bonds. The van der Waals surface area contributed by atoms with Crippen molar-refractivity contribution in [3.63, 3.8) is 0 Å². The Morgan fingerprint density at radius 2 is 1.80 bits per heavy atom. The number of phenolic OH excluding ortho intramolecular Hbond substituents is 1. The third-order valence-corrected chi connectivity index (χ3v) is 10.6. The van der Waals surface area contributed by atoms with Crippen LogP contribution in [-0.4, -0.2) is 125 Å². The summed E-state index contributed by atoms with van der Waals surface area (Å²) in [4.78, 5) is 46.2. The molecule has 0 aromatic heterocycles. The summed E-state index contributed by atoms with van der Waals surface area (Å²) in [6.45, 7) is 4.48. The van der Waals surface area contributed by atoms with E-state index in [-0.39, 0.29) is 29.7 Å². The maximum absolute atomic E-state index is 14.1. The van der Waals surface area contributed by atoms with E-state index in [1.807, 2.05) is 18.2 Å². The van der Waals surface area contributed by atoms with Crippen molar-refractivity contribution in [1.82, 2.24) is 14.7 Å². The number of primary amides is 1. The van der Waals surface area contributed by atoms with Gasteiger partial charge < -0.3 is 40.7 Å². The number of carbonyl (C=O) groups is 3. The van der Waals surface area contributed by atoms with Gasteiger partial charge in [0.05, 0.1) is 18.8 Å². The van der Waals surface area contributed by atoms with Crippen LogP contribution < -0.4 is 10.5 Å². The highest BCUT2D eigenvalue weighted by atomic mass is 16.5. The van der Waals surface area contributed by atoms with Crippen molar-refractivity contribution in [2.24, 2.45) is 23.5 Å². The lowest BCUT2D eigenvalue weighted by Crippen LogP contribution is -2.73. The van der Waals surface area contributed by atoms with Crippen molar-refractivity contribution in [1.29, 1.82) is 0 Å². The summed E-state index contributed by atoms with van der Waals surface area (Å²) < 4.78 is 5.69. The maximum atomic E-state index is 14.1. The molecule has 6 rings (SSSR count). The summed E-state index contributed by atoms with van der Waals surface area (Å²) in [6.07, 6.45) is -1.25. The van der Waals surface area contributed by atoms with Gasteiger partial charge in [0.15, 0.2) is 11.4 Å². The largest absolute Gasteiger partial charge is 0.507 e. The Balaban J connectivity index is 1.44. The smallest absolute Gasteiger partial charge is 0.230 e. The topological polar surface area (TPSA) is 177 Å². The van der Waals surface area contributed by atoms with E-state index in [1.54, 1.807) is 32.2 Å². The number of rotatable bonds is 6. The fourth-order valence-electron chi connectivity index (χ4n) is 8.19. The molecule has 12 nitrogen and oxygen atoms in total. The van der Waals surface area contributed by atoms with Gasteiger partial charge in [0, 0.05) is 55.8 Å². The Morgan fingerprint density at radius 1 is 1.11 bits per heavy atom. The van der Waals surface area contributed by atoms with Crippen molar-refractivity contribution < 1.29 is 39.5 Å². The van der Waals surface area contributed by atoms with Crippen LogP contribution in [0.25, 0.3) is 16.9 Å². The molecule has 6 atom stereocenters. The first kappa shape index (κ1) is 32.1. The van der Waals surface area contributed by atoms with E-state index in [1.165, 1.54) is 6.07 Å². The highest BCUT2D eigenvalue weighted by Crippen LogP contribution is 2.53. The van der Waals surface area contributed by atoms with Gasteiger partial charge in [-0.2, -0.15) is 0 Å². The molecular weight excluding hydrogens is 592 g/mol. The molecule has 6 N–H and O–H groups in total. The van der Waals surface area contributed by atoms with Crippen molar-refractivity contribution >= 4 is 23.2 Å². The van der Waals surface area contributed by atoms with Gasteiger partial charge in [-0.3, -0.25) is 19.3 Å². The molecule has 3 aliphatic carbocycles. The maximum Gasteiger partial charge on any atom is 0.230 e. The third kappa shape index (κ3) is 4.90. The predicted molar refractivity (Wildman–Crippen MR) is 169 cm³/mol. The number of nitrogens with two attached hydrogens (primary N) is 1. The fraction of sp³-hybridized carbons (Fsp3) is 0.500.